The summed E-state index contributed by atoms with van der Waals surface area (Å²) >= 11 is 0. The van der Waals surface area contributed by atoms with Gasteiger partial charge in [-0.2, -0.15) is 13.2 Å². The van der Waals surface area contributed by atoms with Crippen LogP contribution in [0.3, 0.4) is 0 Å². The summed E-state index contributed by atoms with van der Waals surface area (Å²) in [4.78, 5) is 0. The Morgan fingerprint density at radius 2 is 1.23 bits per heavy atom. The quantitative estimate of drug-likeness (QED) is 0.343. The first-order valence-corrected chi connectivity index (χ1v) is 9.64. The topological polar surface area (TPSA) is 44.5 Å². The van der Waals surface area contributed by atoms with Gasteiger partial charge in [0.05, 0.1) is 5.56 Å². The van der Waals surface area contributed by atoms with Gasteiger partial charge in [0.15, 0.2) is 0 Å². The Morgan fingerprint density at radius 1 is 0.677 bits per heavy atom. The third-order valence-electron chi connectivity index (χ3n) is 5.11. The molecule has 0 radical (unpaired) electrons. The number of nitrogen functional groups attached to an aromatic ring is 1. The summed E-state index contributed by atoms with van der Waals surface area (Å²) in [7, 11) is 0. The predicted molar refractivity (Wildman–Crippen MR) is 116 cm³/mol. The van der Waals surface area contributed by atoms with Crippen molar-refractivity contribution in [3.8, 4) is 23.0 Å². The number of ether oxygens (including phenoxy) is 2. The molecule has 0 saturated carbocycles. The van der Waals surface area contributed by atoms with E-state index in [1.165, 1.54) is 17.7 Å². The molecule has 0 unspecified atom stereocenters. The first kappa shape index (κ1) is 20.6. The van der Waals surface area contributed by atoms with E-state index in [1.54, 1.807) is 12.1 Å². The zero-order valence-corrected chi connectivity index (χ0v) is 17.0. The summed E-state index contributed by atoms with van der Waals surface area (Å²) in [5, 5.41) is 1.50. The van der Waals surface area contributed by atoms with Crippen LogP contribution in [-0.2, 0) is 6.18 Å². The van der Waals surface area contributed by atoms with E-state index in [1.807, 2.05) is 56.3 Å². The third kappa shape index (κ3) is 4.28. The fourth-order valence-electron chi connectivity index (χ4n) is 3.31. The van der Waals surface area contributed by atoms with Gasteiger partial charge < -0.3 is 15.2 Å². The summed E-state index contributed by atoms with van der Waals surface area (Å²) in [6.45, 7) is 4.04. The van der Waals surface area contributed by atoms with Gasteiger partial charge in [-0.3, -0.25) is 0 Å². The number of benzene rings is 4. The van der Waals surface area contributed by atoms with Crippen LogP contribution in [0.4, 0.5) is 18.9 Å². The Kier molecular flexibility index (Phi) is 5.23. The molecule has 0 heterocycles. The molecule has 2 N–H and O–H groups in total. The smallest absolute Gasteiger partial charge is 0.418 e. The minimum Gasteiger partial charge on any atom is -0.457 e. The van der Waals surface area contributed by atoms with E-state index >= 15 is 0 Å². The molecular weight excluding hydrogens is 403 g/mol. The molecular formula is C25H20F3NO2. The fourth-order valence-corrected chi connectivity index (χ4v) is 3.31. The SMILES string of the molecule is Cc1ccc(Oc2cccc3c(Oc4ccc(N)c(C(F)(F)F)c4)cccc23)cc1C. The lowest BCUT2D eigenvalue weighted by atomic mass is 10.1. The van der Waals surface area contributed by atoms with Crippen LogP contribution in [-0.4, -0.2) is 0 Å². The molecule has 4 rings (SSSR count). The standard InChI is InChI=1S/C25H20F3NO2/c1-15-9-10-17(13-16(15)2)30-23-7-3-6-20-19(23)5-4-8-24(20)31-18-11-12-22(29)21(14-18)25(26,27)28/h3-14H,29H2,1-2H3. The number of aryl methyl sites for hydroxylation is 2. The molecule has 6 heteroatoms. The highest BCUT2D eigenvalue weighted by atomic mass is 19.4. The van der Waals surface area contributed by atoms with Gasteiger partial charge in [0.1, 0.15) is 23.0 Å². The molecule has 0 amide bonds. The Hall–Kier alpha value is -3.67. The number of hydrogen-bond donors (Lipinski definition) is 1. The van der Waals surface area contributed by atoms with Gasteiger partial charge in [-0.25, -0.2) is 0 Å². The van der Waals surface area contributed by atoms with Crippen LogP contribution in [0.25, 0.3) is 10.8 Å². The highest BCUT2D eigenvalue weighted by Gasteiger charge is 2.33. The van der Waals surface area contributed by atoms with Crippen molar-refractivity contribution in [2.45, 2.75) is 20.0 Å². The van der Waals surface area contributed by atoms with Crippen molar-refractivity contribution in [3.05, 3.63) is 89.5 Å². The molecule has 0 aliphatic heterocycles. The molecule has 4 aromatic rings. The van der Waals surface area contributed by atoms with Crippen LogP contribution >= 0.6 is 0 Å². The van der Waals surface area contributed by atoms with Gasteiger partial charge >= 0.3 is 6.18 Å². The summed E-state index contributed by atoms with van der Waals surface area (Å²) in [6.07, 6.45) is -4.56. The lowest BCUT2D eigenvalue weighted by Gasteiger charge is -2.15. The molecule has 0 aromatic heterocycles. The van der Waals surface area contributed by atoms with Gasteiger partial charge in [0.25, 0.3) is 0 Å². The van der Waals surface area contributed by atoms with Gasteiger partial charge in [-0.05, 0) is 67.4 Å². The van der Waals surface area contributed by atoms with E-state index in [9.17, 15) is 13.2 Å². The molecule has 0 saturated heterocycles. The molecule has 0 bridgehead atoms. The number of nitrogens with two attached hydrogens (primary N) is 1. The normalized spacial score (nSPS) is 11.5. The number of anilines is 1. The second-order valence-electron chi connectivity index (χ2n) is 7.30. The highest BCUT2D eigenvalue weighted by molar-refractivity contribution is 5.93. The minimum absolute atomic E-state index is 0.0505. The number of hydrogen-bond acceptors (Lipinski definition) is 3. The minimum atomic E-state index is -4.56. The molecule has 4 aromatic carbocycles. The Morgan fingerprint density at radius 3 is 1.77 bits per heavy atom. The van der Waals surface area contributed by atoms with E-state index in [2.05, 4.69) is 0 Å². The average Bonchev–Trinajstić information content (AvgIpc) is 2.72. The van der Waals surface area contributed by atoms with E-state index in [4.69, 9.17) is 15.2 Å². The monoisotopic (exact) mass is 423 g/mol. The van der Waals surface area contributed by atoms with Crippen LogP contribution < -0.4 is 15.2 Å². The fraction of sp³-hybridized carbons (Fsp3) is 0.120. The number of fused-ring (bicyclic) bond motifs is 1. The maximum atomic E-state index is 13.2. The summed E-state index contributed by atoms with van der Waals surface area (Å²) in [5.74, 6) is 1.80. The first-order valence-electron chi connectivity index (χ1n) is 9.64. The largest absolute Gasteiger partial charge is 0.457 e. The first-order chi connectivity index (χ1) is 14.7. The van der Waals surface area contributed by atoms with E-state index in [0.29, 0.717) is 22.6 Å². The van der Waals surface area contributed by atoms with Crippen LogP contribution in [0.1, 0.15) is 16.7 Å². The van der Waals surface area contributed by atoms with Crippen LogP contribution in [0, 0.1) is 13.8 Å². The Balaban J connectivity index is 1.71. The Bertz CT molecular complexity index is 1270. The molecule has 0 aliphatic carbocycles. The number of halogens is 3. The average molecular weight is 423 g/mol. The zero-order valence-electron chi connectivity index (χ0n) is 17.0. The highest BCUT2D eigenvalue weighted by Crippen LogP contribution is 2.39. The molecule has 158 valence electrons. The molecule has 0 aliphatic rings. The maximum Gasteiger partial charge on any atom is 0.418 e. The van der Waals surface area contributed by atoms with Gasteiger partial charge in [0, 0.05) is 16.5 Å². The molecule has 0 atom stereocenters. The van der Waals surface area contributed by atoms with E-state index in [0.717, 1.165) is 17.0 Å². The van der Waals surface area contributed by atoms with Crippen LogP contribution in [0.5, 0.6) is 23.0 Å². The van der Waals surface area contributed by atoms with Crippen LogP contribution in [0.15, 0.2) is 72.8 Å². The lowest BCUT2D eigenvalue weighted by Crippen LogP contribution is -2.08. The van der Waals surface area contributed by atoms with Crippen molar-refractivity contribution in [2.75, 3.05) is 5.73 Å². The van der Waals surface area contributed by atoms with Crippen molar-refractivity contribution < 1.29 is 22.6 Å². The molecule has 0 fully saturated rings. The van der Waals surface area contributed by atoms with E-state index < -0.39 is 11.7 Å². The summed E-state index contributed by atoms with van der Waals surface area (Å²) in [6, 6.07) is 20.2. The Labute approximate surface area is 177 Å². The summed E-state index contributed by atoms with van der Waals surface area (Å²) < 4.78 is 51.4. The second kappa shape index (κ2) is 7.87. The van der Waals surface area contributed by atoms with Crippen molar-refractivity contribution in [1.82, 2.24) is 0 Å². The number of alkyl halides is 3. The van der Waals surface area contributed by atoms with Crippen molar-refractivity contribution in [2.24, 2.45) is 0 Å². The van der Waals surface area contributed by atoms with Gasteiger partial charge in [-0.1, -0.05) is 30.3 Å². The molecule has 3 nitrogen and oxygen atoms in total. The van der Waals surface area contributed by atoms with Gasteiger partial charge in [0.2, 0.25) is 0 Å². The van der Waals surface area contributed by atoms with Crippen molar-refractivity contribution in [3.63, 3.8) is 0 Å². The number of rotatable bonds is 4. The zero-order chi connectivity index (χ0) is 22.2. The summed E-state index contributed by atoms with van der Waals surface area (Å²) in [5.41, 5.74) is 6.49. The molecule has 0 spiro atoms. The predicted octanol–water partition coefficient (Wildman–Crippen LogP) is 7.64. The second-order valence-corrected chi connectivity index (χ2v) is 7.30. The van der Waals surface area contributed by atoms with Crippen molar-refractivity contribution >= 4 is 16.5 Å². The van der Waals surface area contributed by atoms with Crippen molar-refractivity contribution in [1.29, 1.82) is 0 Å². The maximum absolute atomic E-state index is 13.2. The van der Waals surface area contributed by atoms with E-state index in [-0.39, 0.29) is 11.4 Å². The van der Waals surface area contributed by atoms with Crippen LogP contribution in [0.2, 0.25) is 0 Å². The lowest BCUT2D eigenvalue weighted by molar-refractivity contribution is -0.137. The van der Waals surface area contributed by atoms with Gasteiger partial charge in [-0.15, -0.1) is 0 Å². The third-order valence-corrected chi connectivity index (χ3v) is 5.11. The molecule has 31 heavy (non-hydrogen) atoms.